The average Bonchev–Trinajstić information content (AvgIpc) is 3.29. The molecule has 0 aliphatic heterocycles. The summed E-state index contributed by atoms with van der Waals surface area (Å²) in [5, 5.41) is 10.1. The molecule has 0 aliphatic rings. The van der Waals surface area contributed by atoms with Crippen molar-refractivity contribution in [2.75, 3.05) is 7.11 Å². The second kappa shape index (κ2) is 6.87. The molecular weight excluding hydrogens is 328 g/mol. The van der Waals surface area contributed by atoms with Gasteiger partial charge in [-0.25, -0.2) is 4.79 Å². The largest absolute Gasteiger partial charge is 0.485 e. The van der Waals surface area contributed by atoms with Crippen LogP contribution in [-0.4, -0.2) is 34.4 Å². The van der Waals surface area contributed by atoms with Crippen LogP contribution in [0.3, 0.4) is 0 Å². The number of hydrogen-bond donors (Lipinski definition) is 2. The number of esters is 1. The third kappa shape index (κ3) is 3.34. The molecule has 0 saturated heterocycles. The lowest BCUT2D eigenvalue weighted by Gasteiger charge is -2.09. The van der Waals surface area contributed by atoms with Crippen LogP contribution < -0.4 is 10.5 Å². The number of hydrogen-bond acceptors (Lipinski definition) is 7. The summed E-state index contributed by atoms with van der Waals surface area (Å²) in [6, 6.07) is 10.1. The van der Waals surface area contributed by atoms with E-state index in [4.69, 9.17) is 14.9 Å². The lowest BCUT2D eigenvalue weighted by Crippen LogP contribution is -2.13. The van der Waals surface area contributed by atoms with E-state index in [0.717, 1.165) is 0 Å². The Labute approximate surface area is 141 Å². The molecule has 25 heavy (non-hydrogen) atoms. The number of nitrogens with two attached hydrogens (primary N) is 1. The SMILES string of the molecule is COC(=O)c1ccc(COc2ccccc2-c2n[nH]nc2C(N)=O)o1. The van der Waals surface area contributed by atoms with Gasteiger partial charge < -0.3 is 19.6 Å². The molecule has 0 bridgehead atoms. The van der Waals surface area contributed by atoms with E-state index in [0.29, 0.717) is 17.1 Å². The monoisotopic (exact) mass is 342 g/mol. The van der Waals surface area contributed by atoms with Crippen LogP contribution in [-0.2, 0) is 11.3 Å². The number of carbonyl (C=O) groups is 2. The fraction of sp³-hybridized carbons (Fsp3) is 0.125. The Kier molecular flexibility index (Phi) is 4.46. The van der Waals surface area contributed by atoms with E-state index in [2.05, 4.69) is 20.1 Å². The fourth-order valence-electron chi connectivity index (χ4n) is 2.19. The van der Waals surface area contributed by atoms with Gasteiger partial charge in [-0.3, -0.25) is 4.79 Å². The van der Waals surface area contributed by atoms with Gasteiger partial charge >= 0.3 is 5.97 Å². The zero-order valence-electron chi connectivity index (χ0n) is 13.2. The van der Waals surface area contributed by atoms with Crippen LogP contribution in [0.2, 0.25) is 0 Å². The van der Waals surface area contributed by atoms with E-state index >= 15 is 0 Å². The van der Waals surface area contributed by atoms with Crippen LogP contribution in [0, 0.1) is 0 Å². The van der Waals surface area contributed by atoms with E-state index in [1.165, 1.54) is 13.2 Å². The second-order valence-electron chi connectivity index (χ2n) is 4.93. The molecule has 9 heteroatoms. The number of para-hydroxylation sites is 1. The van der Waals surface area contributed by atoms with Crippen molar-refractivity contribution in [1.29, 1.82) is 0 Å². The number of aromatic amines is 1. The van der Waals surface area contributed by atoms with Gasteiger partial charge in [-0.05, 0) is 24.3 Å². The highest BCUT2D eigenvalue weighted by atomic mass is 16.5. The zero-order chi connectivity index (χ0) is 17.8. The first kappa shape index (κ1) is 16.2. The molecule has 1 aromatic carbocycles. The van der Waals surface area contributed by atoms with Gasteiger partial charge in [0.05, 0.1) is 7.11 Å². The molecule has 2 aromatic heterocycles. The van der Waals surface area contributed by atoms with E-state index in [9.17, 15) is 9.59 Å². The first-order valence-electron chi connectivity index (χ1n) is 7.20. The number of ether oxygens (including phenoxy) is 2. The fourth-order valence-corrected chi connectivity index (χ4v) is 2.19. The van der Waals surface area contributed by atoms with Gasteiger partial charge in [-0.15, -0.1) is 0 Å². The maximum atomic E-state index is 11.4. The molecule has 1 amide bonds. The smallest absolute Gasteiger partial charge is 0.373 e. The average molecular weight is 342 g/mol. The third-order valence-electron chi connectivity index (χ3n) is 3.34. The predicted molar refractivity (Wildman–Crippen MR) is 84.7 cm³/mol. The molecule has 0 fully saturated rings. The Morgan fingerprint density at radius 3 is 2.76 bits per heavy atom. The molecule has 0 atom stereocenters. The maximum absolute atomic E-state index is 11.4. The van der Waals surface area contributed by atoms with E-state index in [-0.39, 0.29) is 23.8 Å². The van der Waals surface area contributed by atoms with Crippen LogP contribution in [0.25, 0.3) is 11.3 Å². The van der Waals surface area contributed by atoms with E-state index in [1.807, 2.05) is 0 Å². The summed E-state index contributed by atoms with van der Waals surface area (Å²) in [5.41, 5.74) is 6.15. The number of furan rings is 1. The molecule has 128 valence electrons. The first-order valence-corrected chi connectivity index (χ1v) is 7.20. The zero-order valence-corrected chi connectivity index (χ0v) is 13.2. The lowest BCUT2D eigenvalue weighted by atomic mass is 10.1. The number of benzene rings is 1. The van der Waals surface area contributed by atoms with E-state index in [1.54, 1.807) is 30.3 Å². The summed E-state index contributed by atoms with van der Waals surface area (Å²) in [7, 11) is 1.27. The number of amides is 1. The minimum atomic E-state index is -0.702. The van der Waals surface area contributed by atoms with Crippen LogP contribution in [0.1, 0.15) is 26.8 Å². The lowest BCUT2D eigenvalue weighted by molar-refractivity contribution is 0.0561. The summed E-state index contributed by atoms with van der Waals surface area (Å²) in [5.74, 6) is -0.296. The molecular formula is C16H14N4O5. The van der Waals surface area contributed by atoms with Crippen LogP contribution in [0.15, 0.2) is 40.8 Å². The van der Waals surface area contributed by atoms with Gasteiger partial charge in [0.2, 0.25) is 5.76 Å². The van der Waals surface area contributed by atoms with Crippen LogP contribution >= 0.6 is 0 Å². The predicted octanol–water partition coefficient (Wildman–Crippen LogP) is 1.53. The second-order valence-corrected chi connectivity index (χ2v) is 4.93. The molecule has 3 N–H and O–H groups in total. The molecule has 2 heterocycles. The van der Waals surface area contributed by atoms with Gasteiger partial charge in [-0.1, -0.05) is 12.1 Å². The maximum Gasteiger partial charge on any atom is 0.373 e. The number of H-pyrrole nitrogens is 1. The van der Waals surface area contributed by atoms with Gasteiger partial charge in [-0.2, -0.15) is 15.4 Å². The Hall–Kier alpha value is -3.62. The molecule has 0 aliphatic carbocycles. The molecule has 3 rings (SSSR count). The quantitative estimate of drug-likeness (QED) is 0.649. The highest BCUT2D eigenvalue weighted by molar-refractivity contribution is 5.97. The third-order valence-corrected chi connectivity index (χ3v) is 3.34. The van der Waals surface area contributed by atoms with Crippen molar-refractivity contribution in [2.24, 2.45) is 5.73 Å². The van der Waals surface area contributed by atoms with Crippen molar-refractivity contribution in [1.82, 2.24) is 15.4 Å². The van der Waals surface area contributed by atoms with Gasteiger partial charge in [0.1, 0.15) is 23.8 Å². The first-order chi connectivity index (χ1) is 12.1. The molecule has 0 radical (unpaired) electrons. The Morgan fingerprint density at radius 1 is 1.20 bits per heavy atom. The van der Waals surface area contributed by atoms with E-state index < -0.39 is 11.9 Å². The summed E-state index contributed by atoms with van der Waals surface area (Å²) < 4.78 is 15.7. The summed E-state index contributed by atoms with van der Waals surface area (Å²) in [6.45, 7) is 0.0672. The molecule has 0 saturated carbocycles. The Bertz CT molecular complexity index is 915. The van der Waals surface area contributed by atoms with Crippen molar-refractivity contribution >= 4 is 11.9 Å². The number of nitrogens with zero attached hydrogens (tertiary/aromatic N) is 2. The number of methoxy groups -OCH3 is 1. The molecule has 0 spiro atoms. The van der Waals surface area contributed by atoms with Crippen molar-refractivity contribution in [3.8, 4) is 17.0 Å². The Balaban J connectivity index is 1.82. The standard InChI is InChI=1S/C16H14N4O5/c1-23-16(22)12-7-6-9(25-12)8-24-11-5-3-2-4-10(11)13-14(15(17)21)19-20-18-13/h2-7H,8H2,1H3,(H2,17,21)(H,18,19,20). The van der Waals surface area contributed by atoms with Gasteiger partial charge in [0.25, 0.3) is 5.91 Å². The topological polar surface area (TPSA) is 133 Å². The summed E-state index contributed by atoms with van der Waals surface area (Å²) >= 11 is 0. The van der Waals surface area contributed by atoms with Gasteiger partial charge in [0, 0.05) is 5.56 Å². The normalized spacial score (nSPS) is 10.4. The van der Waals surface area contributed by atoms with Crippen LogP contribution in [0.4, 0.5) is 0 Å². The number of primary amides is 1. The molecule has 3 aromatic rings. The van der Waals surface area contributed by atoms with Crippen molar-refractivity contribution < 1.29 is 23.5 Å². The highest BCUT2D eigenvalue weighted by Crippen LogP contribution is 2.30. The molecule has 0 unspecified atom stereocenters. The number of nitrogens with one attached hydrogen (secondary N) is 1. The Morgan fingerprint density at radius 2 is 2.00 bits per heavy atom. The summed E-state index contributed by atoms with van der Waals surface area (Å²) in [4.78, 5) is 22.8. The summed E-state index contributed by atoms with van der Waals surface area (Å²) in [6.07, 6.45) is 0. The number of carbonyl (C=O) groups excluding carboxylic acids is 2. The van der Waals surface area contributed by atoms with Crippen LogP contribution in [0.5, 0.6) is 5.75 Å². The van der Waals surface area contributed by atoms with Gasteiger partial charge in [0.15, 0.2) is 5.69 Å². The number of rotatable bonds is 6. The number of aromatic nitrogens is 3. The van der Waals surface area contributed by atoms with Crippen molar-refractivity contribution in [2.45, 2.75) is 6.61 Å². The highest BCUT2D eigenvalue weighted by Gasteiger charge is 2.19. The minimum Gasteiger partial charge on any atom is -0.485 e. The van der Waals surface area contributed by atoms with Crippen molar-refractivity contribution in [3.05, 3.63) is 53.6 Å². The minimum absolute atomic E-state index is 0.0158. The molecule has 9 nitrogen and oxygen atoms in total. The van der Waals surface area contributed by atoms with Crippen molar-refractivity contribution in [3.63, 3.8) is 0 Å².